The van der Waals surface area contributed by atoms with Crippen LogP contribution in [-0.2, 0) is 17.6 Å². The molecule has 0 radical (unpaired) electrons. The van der Waals surface area contributed by atoms with Crippen LogP contribution in [0.1, 0.15) is 22.7 Å². The lowest BCUT2D eigenvalue weighted by molar-refractivity contribution is -0.120. The van der Waals surface area contributed by atoms with Gasteiger partial charge in [-0.2, -0.15) is 0 Å². The minimum Gasteiger partial charge on any atom is -0.356 e. The van der Waals surface area contributed by atoms with Crippen LogP contribution in [0, 0.1) is 0 Å². The van der Waals surface area contributed by atoms with Crippen molar-refractivity contribution in [2.24, 2.45) is 0 Å². The molecule has 3 rings (SSSR count). The predicted molar refractivity (Wildman–Crippen MR) is 116 cm³/mol. The van der Waals surface area contributed by atoms with E-state index >= 15 is 0 Å². The maximum atomic E-state index is 12.1. The molecule has 0 bridgehead atoms. The fourth-order valence-electron chi connectivity index (χ4n) is 2.97. The van der Waals surface area contributed by atoms with Crippen molar-refractivity contribution in [3.63, 3.8) is 0 Å². The zero-order chi connectivity index (χ0) is 17.3. The molecule has 0 spiro atoms. The van der Waals surface area contributed by atoms with E-state index in [1.54, 1.807) is 11.3 Å². The molecule has 2 N–H and O–H groups in total. The summed E-state index contributed by atoms with van der Waals surface area (Å²) >= 11 is 1.63. The molecular weight excluding hydrogens is 403 g/mol. The maximum absolute atomic E-state index is 12.1. The standard InChI is InChI=1S/C19H26N4OS.2ClH/c24-18(21-7-4-10-23-11-8-20-9-12-23)14-17-15-25-19(22-17)13-16-5-2-1-3-6-16;;/h1-3,5-6,15,20H,4,7-14H2,(H,21,24);2*1H. The second-order valence-corrected chi connectivity index (χ2v) is 7.31. The van der Waals surface area contributed by atoms with E-state index in [-0.39, 0.29) is 30.7 Å². The highest BCUT2D eigenvalue weighted by Crippen LogP contribution is 2.15. The highest BCUT2D eigenvalue weighted by molar-refractivity contribution is 7.09. The maximum Gasteiger partial charge on any atom is 0.226 e. The number of aromatic nitrogens is 1. The quantitative estimate of drug-likeness (QED) is 0.631. The molecule has 1 aromatic heterocycles. The van der Waals surface area contributed by atoms with E-state index in [1.807, 2.05) is 23.6 Å². The molecule has 1 aliphatic heterocycles. The average molecular weight is 431 g/mol. The molecular formula is C19H28Cl2N4OS. The molecule has 150 valence electrons. The fourth-order valence-corrected chi connectivity index (χ4v) is 3.80. The SMILES string of the molecule is Cl.Cl.O=C(Cc1csc(Cc2ccccc2)n1)NCCCN1CCNCC1. The third kappa shape index (κ3) is 8.58. The number of piperazine rings is 1. The van der Waals surface area contributed by atoms with Gasteiger partial charge in [-0.3, -0.25) is 4.79 Å². The van der Waals surface area contributed by atoms with Crippen LogP contribution in [0.4, 0.5) is 0 Å². The lowest BCUT2D eigenvalue weighted by atomic mass is 10.2. The molecule has 0 saturated carbocycles. The molecule has 2 heterocycles. The van der Waals surface area contributed by atoms with Crippen molar-refractivity contribution in [2.75, 3.05) is 39.3 Å². The van der Waals surface area contributed by atoms with Gasteiger partial charge >= 0.3 is 0 Å². The van der Waals surface area contributed by atoms with Crippen molar-refractivity contribution in [1.29, 1.82) is 0 Å². The molecule has 0 unspecified atom stereocenters. The number of amides is 1. The van der Waals surface area contributed by atoms with Gasteiger partial charge in [0.2, 0.25) is 5.91 Å². The number of nitrogens with one attached hydrogen (secondary N) is 2. The third-order valence-electron chi connectivity index (χ3n) is 4.32. The summed E-state index contributed by atoms with van der Waals surface area (Å²) in [6, 6.07) is 10.3. The van der Waals surface area contributed by atoms with Crippen molar-refractivity contribution in [2.45, 2.75) is 19.3 Å². The van der Waals surface area contributed by atoms with Crippen LogP contribution in [0.25, 0.3) is 0 Å². The van der Waals surface area contributed by atoms with E-state index in [1.165, 1.54) is 5.56 Å². The monoisotopic (exact) mass is 430 g/mol. The van der Waals surface area contributed by atoms with Crippen LogP contribution < -0.4 is 10.6 Å². The first-order valence-corrected chi connectivity index (χ1v) is 9.84. The first-order valence-electron chi connectivity index (χ1n) is 8.96. The number of halogens is 2. The molecule has 8 heteroatoms. The second kappa shape index (κ2) is 13.1. The summed E-state index contributed by atoms with van der Waals surface area (Å²) in [6.07, 6.45) is 2.21. The smallest absolute Gasteiger partial charge is 0.226 e. The summed E-state index contributed by atoms with van der Waals surface area (Å²) in [4.78, 5) is 19.1. The van der Waals surface area contributed by atoms with Gasteiger partial charge in [0.15, 0.2) is 0 Å². The Balaban J connectivity index is 0.00000182. The number of rotatable bonds is 8. The number of benzene rings is 1. The summed E-state index contributed by atoms with van der Waals surface area (Å²) < 4.78 is 0. The molecule has 1 fully saturated rings. The molecule has 1 aliphatic rings. The molecule has 0 atom stereocenters. The van der Waals surface area contributed by atoms with Crippen molar-refractivity contribution in [1.82, 2.24) is 20.5 Å². The van der Waals surface area contributed by atoms with Gasteiger partial charge in [-0.25, -0.2) is 4.98 Å². The summed E-state index contributed by atoms with van der Waals surface area (Å²) in [5.74, 6) is 0.0665. The summed E-state index contributed by atoms with van der Waals surface area (Å²) in [7, 11) is 0. The van der Waals surface area contributed by atoms with Gasteiger partial charge in [-0.05, 0) is 18.5 Å². The number of nitrogens with zero attached hydrogens (tertiary/aromatic N) is 2. The van der Waals surface area contributed by atoms with Crippen molar-refractivity contribution in [3.8, 4) is 0 Å². The van der Waals surface area contributed by atoms with Gasteiger partial charge in [-0.1, -0.05) is 30.3 Å². The normalized spacial score (nSPS) is 14.1. The Labute approximate surface area is 177 Å². The van der Waals surface area contributed by atoms with E-state index in [0.717, 1.165) is 62.8 Å². The van der Waals surface area contributed by atoms with Crippen LogP contribution in [0.5, 0.6) is 0 Å². The van der Waals surface area contributed by atoms with Gasteiger partial charge in [0.05, 0.1) is 17.1 Å². The average Bonchev–Trinajstić information content (AvgIpc) is 3.07. The molecule has 1 aromatic carbocycles. The van der Waals surface area contributed by atoms with E-state index in [4.69, 9.17) is 0 Å². The second-order valence-electron chi connectivity index (χ2n) is 6.37. The number of carbonyl (C=O) groups excluding carboxylic acids is 1. The number of hydrogen-bond donors (Lipinski definition) is 2. The highest BCUT2D eigenvalue weighted by Gasteiger charge is 2.10. The van der Waals surface area contributed by atoms with Crippen molar-refractivity contribution >= 4 is 42.1 Å². The van der Waals surface area contributed by atoms with Gasteiger partial charge in [-0.15, -0.1) is 36.2 Å². The summed E-state index contributed by atoms with van der Waals surface area (Å²) in [5.41, 5.74) is 2.12. The molecule has 27 heavy (non-hydrogen) atoms. The van der Waals surface area contributed by atoms with E-state index < -0.39 is 0 Å². The van der Waals surface area contributed by atoms with Gasteiger partial charge in [0.1, 0.15) is 0 Å². The van der Waals surface area contributed by atoms with Crippen molar-refractivity contribution < 1.29 is 4.79 Å². The van der Waals surface area contributed by atoms with E-state index in [9.17, 15) is 4.79 Å². The van der Waals surface area contributed by atoms with Crippen LogP contribution in [0.3, 0.4) is 0 Å². The zero-order valence-electron chi connectivity index (χ0n) is 15.4. The van der Waals surface area contributed by atoms with E-state index in [0.29, 0.717) is 6.42 Å². The minimum atomic E-state index is 0. The Bertz CT molecular complexity index is 663. The number of thiazole rings is 1. The number of carbonyl (C=O) groups is 1. The van der Waals surface area contributed by atoms with Gasteiger partial charge < -0.3 is 15.5 Å². The van der Waals surface area contributed by atoms with Crippen LogP contribution in [0.15, 0.2) is 35.7 Å². The first-order chi connectivity index (χ1) is 12.3. The Morgan fingerprint density at radius 2 is 1.93 bits per heavy atom. The highest BCUT2D eigenvalue weighted by atomic mass is 35.5. The molecule has 1 amide bonds. The summed E-state index contributed by atoms with van der Waals surface area (Å²) in [6.45, 7) is 6.15. The molecule has 1 saturated heterocycles. The van der Waals surface area contributed by atoms with Crippen molar-refractivity contribution in [3.05, 3.63) is 52.0 Å². The molecule has 5 nitrogen and oxygen atoms in total. The van der Waals surface area contributed by atoms with Gasteiger partial charge in [0, 0.05) is 44.5 Å². The Kier molecular flexibility index (Phi) is 11.6. The number of hydrogen-bond acceptors (Lipinski definition) is 5. The fraction of sp³-hybridized carbons (Fsp3) is 0.474. The zero-order valence-corrected chi connectivity index (χ0v) is 17.8. The predicted octanol–water partition coefficient (Wildman–Crippen LogP) is 2.53. The molecule has 2 aromatic rings. The van der Waals surface area contributed by atoms with E-state index in [2.05, 4.69) is 32.7 Å². The molecule has 0 aliphatic carbocycles. The Morgan fingerprint density at radius 1 is 1.19 bits per heavy atom. The third-order valence-corrected chi connectivity index (χ3v) is 5.22. The lowest BCUT2D eigenvalue weighted by Crippen LogP contribution is -2.44. The van der Waals surface area contributed by atoms with Crippen LogP contribution in [0.2, 0.25) is 0 Å². The topological polar surface area (TPSA) is 57.3 Å². The Morgan fingerprint density at radius 3 is 2.67 bits per heavy atom. The Hall–Kier alpha value is -1.18. The summed E-state index contributed by atoms with van der Waals surface area (Å²) in [5, 5.41) is 9.42. The van der Waals surface area contributed by atoms with Gasteiger partial charge in [0.25, 0.3) is 0 Å². The van der Waals surface area contributed by atoms with Crippen LogP contribution in [-0.4, -0.2) is 55.1 Å². The largest absolute Gasteiger partial charge is 0.356 e. The first kappa shape index (κ1) is 23.9. The van der Waals surface area contributed by atoms with Crippen LogP contribution >= 0.6 is 36.2 Å². The minimum absolute atomic E-state index is 0. The lowest BCUT2D eigenvalue weighted by Gasteiger charge is -2.27.